The van der Waals surface area contributed by atoms with Crippen molar-refractivity contribution < 1.29 is 15.0 Å². The fourth-order valence-electron chi connectivity index (χ4n) is 2.38. The maximum atomic E-state index is 11.4. The van der Waals surface area contributed by atoms with Gasteiger partial charge in [0, 0.05) is 17.8 Å². The lowest BCUT2D eigenvalue weighted by Gasteiger charge is -2.20. The zero-order chi connectivity index (χ0) is 14.5. The number of carboxylic acid groups (broad SMARTS) is 1. The van der Waals surface area contributed by atoms with Gasteiger partial charge >= 0.3 is 5.97 Å². The van der Waals surface area contributed by atoms with Crippen LogP contribution in [0, 0.1) is 0 Å². The summed E-state index contributed by atoms with van der Waals surface area (Å²) in [5.41, 5.74) is 0.861. The molecule has 4 nitrogen and oxygen atoms in total. The molecule has 1 heterocycles. The van der Waals surface area contributed by atoms with Gasteiger partial charge in [0.1, 0.15) is 4.88 Å². The highest BCUT2D eigenvalue weighted by Gasteiger charge is 2.19. The van der Waals surface area contributed by atoms with E-state index in [9.17, 15) is 9.90 Å². The van der Waals surface area contributed by atoms with Crippen LogP contribution < -0.4 is 0 Å². The van der Waals surface area contributed by atoms with Gasteiger partial charge in [-0.25, -0.2) is 4.79 Å². The van der Waals surface area contributed by atoms with Crippen molar-refractivity contribution in [1.29, 1.82) is 0 Å². The predicted molar refractivity (Wildman–Crippen MR) is 81.4 cm³/mol. The Labute approximate surface area is 122 Å². The lowest BCUT2D eigenvalue weighted by atomic mass is 10.1. The van der Waals surface area contributed by atoms with E-state index in [0.29, 0.717) is 18.0 Å². The minimum Gasteiger partial charge on any atom is -0.477 e. The second kappa shape index (κ2) is 6.83. The molecule has 1 aromatic heterocycles. The van der Waals surface area contributed by atoms with Crippen LogP contribution in [0.2, 0.25) is 0 Å². The average molecular weight is 293 g/mol. The van der Waals surface area contributed by atoms with Crippen LogP contribution in [-0.2, 0) is 6.54 Å². The van der Waals surface area contributed by atoms with Crippen LogP contribution in [0.25, 0.3) is 10.1 Å². The number of carbonyl (C=O) groups is 1. The van der Waals surface area contributed by atoms with E-state index in [1.54, 1.807) is 0 Å². The van der Waals surface area contributed by atoms with Crippen LogP contribution in [0.1, 0.15) is 28.6 Å². The molecule has 20 heavy (non-hydrogen) atoms. The number of nitrogens with zero attached hydrogens (tertiary/aromatic N) is 1. The molecule has 0 spiro atoms. The number of hydrogen-bond acceptors (Lipinski definition) is 4. The SMILES string of the molecule is CCCN(CCO)Cc1c(C(=O)O)sc2ccccc12. The maximum absolute atomic E-state index is 11.4. The van der Waals surface area contributed by atoms with Crippen LogP contribution in [0.15, 0.2) is 24.3 Å². The summed E-state index contributed by atoms with van der Waals surface area (Å²) in [6, 6.07) is 7.77. The molecule has 108 valence electrons. The topological polar surface area (TPSA) is 60.8 Å². The Kier molecular flexibility index (Phi) is 5.11. The van der Waals surface area contributed by atoms with Crippen LogP contribution in [0.5, 0.6) is 0 Å². The zero-order valence-electron chi connectivity index (χ0n) is 11.5. The van der Waals surface area contributed by atoms with Crippen LogP contribution in [0.3, 0.4) is 0 Å². The first-order valence-electron chi connectivity index (χ1n) is 6.74. The Morgan fingerprint density at radius 3 is 2.70 bits per heavy atom. The number of aliphatic hydroxyl groups excluding tert-OH is 1. The normalized spacial score (nSPS) is 11.3. The zero-order valence-corrected chi connectivity index (χ0v) is 12.3. The van der Waals surface area contributed by atoms with Crippen LogP contribution in [0.4, 0.5) is 0 Å². The molecule has 0 unspecified atom stereocenters. The lowest BCUT2D eigenvalue weighted by molar-refractivity contribution is 0.0700. The van der Waals surface area contributed by atoms with Crippen LogP contribution in [-0.4, -0.2) is 40.8 Å². The van der Waals surface area contributed by atoms with Gasteiger partial charge in [0.15, 0.2) is 0 Å². The highest BCUT2D eigenvalue weighted by molar-refractivity contribution is 7.21. The van der Waals surface area contributed by atoms with Gasteiger partial charge in [0.05, 0.1) is 6.61 Å². The van der Waals surface area contributed by atoms with Gasteiger partial charge in [-0.3, -0.25) is 4.90 Å². The Hall–Kier alpha value is -1.43. The summed E-state index contributed by atoms with van der Waals surface area (Å²) in [4.78, 5) is 13.9. The van der Waals surface area contributed by atoms with Gasteiger partial charge in [0.2, 0.25) is 0 Å². The molecule has 0 aliphatic carbocycles. The van der Waals surface area contributed by atoms with Crippen molar-refractivity contribution in [3.8, 4) is 0 Å². The molecule has 0 fully saturated rings. The third-order valence-corrected chi connectivity index (χ3v) is 4.43. The number of rotatable bonds is 7. The summed E-state index contributed by atoms with van der Waals surface area (Å²) in [7, 11) is 0. The fraction of sp³-hybridized carbons (Fsp3) is 0.400. The number of thiophene rings is 1. The largest absolute Gasteiger partial charge is 0.477 e. The molecular formula is C15H19NO3S. The van der Waals surface area contributed by atoms with E-state index in [1.807, 2.05) is 24.3 Å². The van der Waals surface area contributed by atoms with Gasteiger partial charge in [-0.2, -0.15) is 0 Å². The van der Waals surface area contributed by atoms with E-state index < -0.39 is 5.97 Å². The third kappa shape index (κ3) is 3.17. The molecule has 0 aliphatic rings. The summed E-state index contributed by atoms with van der Waals surface area (Å²) in [6.07, 6.45) is 0.977. The van der Waals surface area contributed by atoms with Gasteiger partial charge in [-0.15, -0.1) is 11.3 Å². The molecule has 5 heteroatoms. The smallest absolute Gasteiger partial charge is 0.346 e. The minimum atomic E-state index is -0.873. The Morgan fingerprint density at radius 1 is 1.30 bits per heavy atom. The van der Waals surface area contributed by atoms with E-state index in [2.05, 4.69) is 11.8 Å². The highest BCUT2D eigenvalue weighted by Crippen LogP contribution is 2.32. The minimum absolute atomic E-state index is 0.0878. The van der Waals surface area contributed by atoms with Crippen molar-refractivity contribution in [1.82, 2.24) is 4.90 Å². The molecule has 2 aromatic rings. The van der Waals surface area contributed by atoms with Gasteiger partial charge in [-0.05, 0) is 30.0 Å². The number of fused-ring (bicyclic) bond motifs is 1. The molecule has 0 aliphatic heterocycles. The molecule has 0 bridgehead atoms. The molecule has 1 aromatic carbocycles. The number of carboxylic acids is 1. The standard InChI is InChI=1S/C15H19NO3S/c1-2-7-16(8-9-17)10-12-11-5-3-4-6-13(11)20-14(12)15(18)19/h3-6,17H,2,7-10H2,1H3,(H,18,19). The van der Waals surface area contributed by atoms with Crippen molar-refractivity contribution in [2.75, 3.05) is 19.7 Å². The van der Waals surface area contributed by atoms with Gasteiger partial charge < -0.3 is 10.2 Å². The van der Waals surface area contributed by atoms with E-state index >= 15 is 0 Å². The van der Waals surface area contributed by atoms with E-state index in [4.69, 9.17) is 5.11 Å². The molecule has 0 amide bonds. The summed E-state index contributed by atoms with van der Waals surface area (Å²) in [6.45, 7) is 4.15. The van der Waals surface area contributed by atoms with Gasteiger partial charge in [0.25, 0.3) is 0 Å². The maximum Gasteiger partial charge on any atom is 0.346 e. The first-order chi connectivity index (χ1) is 9.67. The summed E-state index contributed by atoms with van der Waals surface area (Å²) in [5, 5.41) is 19.5. The number of aromatic carboxylic acids is 1. The fourth-order valence-corrected chi connectivity index (χ4v) is 3.43. The van der Waals surface area contributed by atoms with Crippen molar-refractivity contribution in [3.63, 3.8) is 0 Å². The third-order valence-electron chi connectivity index (χ3n) is 3.23. The van der Waals surface area contributed by atoms with E-state index in [0.717, 1.165) is 28.6 Å². The Morgan fingerprint density at radius 2 is 2.05 bits per heavy atom. The molecule has 0 saturated heterocycles. The highest BCUT2D eigenvalue weighted by atomic mass is 32.1. The second-order valence-corrected chi connectivity index (χ2v) is 5.76. The molecule has 0 atom stereocenters. The van der Waals surface area contributed by atoms with Gasteiger partial charge in [-0.1, -0.05) is 25.1 Å². The summed E-state index contributed by atoms with van der Waals surface area (Å²) in [5.74, 6) is -0.873. The average Bonchev–Trinajstić information content (AvgIpc) is 2.79. The first-order valence-corrected chi connectivity index (χ1v) is 7.56. The monoisotopic (exact) mass is 293 g/mol. The molecular weight excluding hydrogens is 274 g/mol. The Balaban J connectivity index is 2.39. The van der Waals surface area contributed by atoms with E-state index in [1.165, 1.54) is 11.3 Å². The predicted octanol–water partition coefficient (Wildman–Crippen LogP) is 2.80. The lowest BCUT2D eigenvalue weighted by Crippen LogP contribution is -2.27. The number of aliphatic hydroxyl groups is 1. The Bertz CT molecular complexity index is 588. The number of hydrogen-bond donors (Lipinski definition) is 2. The molecule has 0 radical (unpaired) electrons. The summed E-state index contributed by atoms with van der Waals surface area (Å²) >= 11 is 1.32. The van der Waals surface area contributed by atoms with Crippen LogP contribution >= 0.6 is 11.3 Å². The van der Waals surface area contributed by atoms with Crippen molar-refractivity contribution in [2.45, 2.75) is 19.9 Å². The number of benzene rings is 1. The molecule has 0 saturated carbocycles. The second-order valence-electron chi connectivity index (χ2n) is 4.71. The molecule has 2 N–H and O–H groups in total. The van der Waals surface area contributed by atoms with Crippen molar-refractivity contribution >= 4 is 27.4 Å². The van der Waals surface area contributed by atoms with Crippen molar-refractivity contribution in [3.05, 3.63) is 34.7 Å². The summed E-state index contributed by atoms with van der Waals surface area (Å²) < 4.78 is 1.00. The molecule has 2 rings (SSSR count). The van der Waals surface area contributed by atoms with E-state index in [-0.39, 0.29) is 6.61 Å². The van der Waals surface area contributed by atoms with Crippen molar-refractivity contribution in [2.24, 2.45) is 0 Å². The quantitative estimate of drug-likeness (QED) is 0.824. The first kappa shape index (κ1) is 15.0.